The molecule has 6 rings (SSSR count). The summed E-state index contributed by atoms with van der Waals surface area (Å²) in [6.07, 6.45) is 6.25. The Balaban J connectivity index is 1.34. The van der Waals surface area contributed by atoms with Crippen molar-refractivity contribution in [1.82, 2.24) is 19.9 Å². The number of benzene rings is 2. The second-order valence-electron chi connectivity index (χ2n) is 8.45. The van der Waals surface area contributed by atoms with Crippen molar-refractivity contribution in [2.45, 2.75) is 12.5 Å². The molecule has 162 valence electrons. The first kappa shape index (κ1) is 19.6. The highest BCUT2D eigenvalue weighted by molar-refractivity contribution is 6.09. The van der Waals surface area contributed by atoms with E-state index in [2.05, 4.69) is 24.8 Å². The Bertz CT molecular complexity index is 1500. The van der Waals surface area contributed by atoms with Crippen LogP contribution in [-0.2, 0) is 0 Å². The molecule has 3 aromatic heterocycles. The number of pyridine rings is 2. The van der Waals surface area contributed by atoms with Crippen molar-refractivity contribution in [1.29, 1.82) is 0 Å². The predicted molar refractivity (Wildman–Crippen MR) is 129 cm³/mol. The first-order valence-corrected chi connectivity index (χ1v) is 11.0. The average Bonchev–Trinajstić information content (AvgIpc) is 3.49. The number of rotatable bonds is 4. The third-order valence-corrected chi connectivity index (χ3v) is 6.24. The molecular formula is C26H22N6O. The van der Waals surface area contributed by atoms with Crippen LogP contribution in [-0.4, -0.2) is 44.9 Å². The summed E-state index contributed by atoms with van der Waals surface area (Å²) in [5.41, 5.74) is 10.8. The Hall–Kier alpha value is -4.10. The van der Waals surface area contributed by atoms with Crippen LogP contribution < -0.4 is 10.6 Å². The third kappa shape index (κ3) is 3.52. The fraction of sp³-hybridized carbons (Fsp3) is 0.154. The van der Waals surface area contributed by atoms with Gasteiger partial charge in [0.05, 0.1) is 16.7 Å². The maximum absolute atomic E-state index is 13.3. The number of anilines is 1. The van der Waals surface area contributed by atoms with Gasteiger partial charge in [0.25, 0.3) is 0 Å². The summed E-state index contributed by atoms with van der Waals surface area (Å²) in [4.78, 5) is 32.2. The zero-order chi connectivity index (χ0) is 22.4. The Morgan fingerprint density at radius 2 is 2.00 bits per heavy atom. The molecule has 2 aromatic carbocycles. The van der Waals surface area contributed by atoms with Crippen molar-refractivity contribution < 1.29 is 4.79 Å². The Labute approximate surface area is 190 Å². The van der Waals surface area contributed by atoms with Crippen molar-refractivity contribution in [3.63, 3.8) is 0 Å². The second-order valence-corrected chi connectivity index (χ2v) is 8.45. The quantitative estimate of drug-likeness (QED) is 0.416. The Morgan fingerprint density at radius 3 is 2.88 bits per heavy atom. The molecule has 1 atom stereocenters. The maximum atomic E-state index is 13.3. The molecule has 0 aliphatic carbocycles. The number of hydrogen-bond donors (Lipinski definition) is 2. The largest absolute Gasteiger partial charge is 0.370 e. The lowest BCUT2D eigenvalue weighted by molar-refractivity contribution is 0.103. The summed E-state index contributed by atoms with van der Waals surface area (Å²) >= 11 is 0. The van der Waals surface area contributed by atoms with E-state index in [9.17, 15) is 4.79 Å². The van der Waals surface area contributed by atoms with Crippen LogP contribution >= 0.6 is 0 Å². The lowest BCUT2D eigenvalue weighted by atomic mass is 10.0. The monoisotopic (exact) mass is 434 g/mol. The number of carbonyl (C=O) groups excluding carboxylic acids is 1. The fourth-order valence-corrected chi connectivity index (χ4v) is 4.50. The van der Waals surface area contributed by atoms with E-state index in [0.717, 1.165) is 52.6 Å². The molecule has 3 N–H and O–H groups in total. The highest BCUT2D eigenvalue weighted by Gasteiger charge is 2.21. The van der Waals surface area contributed by atoms with Crippen molar-refractivity contribution in [3.05, 3.63) is 84.6 Å². The first-order valence-electron chi connectivity index (χ1n) is 11.0. The van der Waals surface area contributed by atoms with Gasteiger partial charge in [0.2, 0.25) is 5.78 Å². The third-order valence-electron chi connectivity index (χ3n) is 6.24. The molecule has 1 unspecified atom stereocenters. The van der Waals surface area contributed by atoms with Crippen LogP contribution in [0.2, 0.25) is 0 Å². The summed E-state index contributed by atoms with van der Waals surface area (Å²) in [5.74, 6) is 0.140. The van der Waals surface area contributed by atoms with E-state index >= 15 is 0 Å². The van der Waals surface area contributed by atoms with Crippen molar-refractivity contribution in [2.24, 2.45) is 5.73 Å². The molecule has 1 saturated heterocycles. The normalized spacial score (nSPS) is 16.0. The number of fused-ring (bicyclic) bond motifs is 2. The smallest absolute Gasteiger partial charge is 0.228 e. The predicted octanol–water partition coefficient (Wildman–Crippen LogP) is 3.94. The van der Waals surface area contributed by atoms with E-state index in [0.29, 0.717) is 17.1 Å². The first-order chi connectivity index (χ1) is 16.2. The van der Waals surface area contributed by atoms with Crippen molar-refractivity contribution in [3.8, 4) is 11.3 Å². The van der Waals surface area contributed by atoms with E-state index in [1.807, 2.05) is 48.7 Å². The molecule has 4 heterocycles. The lowest BCUT2D eigenvalue weighted by Crippen LogP contribution is -2.26. The zero-order valence-electron chi connectivity index (χ0n) is 17.9. The number of nitrogens with two attached hydrogens (primary N) is 1. The van der Waals surface area contributed by atoms with E-state index in [-0.39, 0.29) is 11.8 Å². The molecule has 0 radical (unpaired) electrons. The summed E-state index contributed by atoms with van der Waals surface area (Å²) < 4.78 is 0. The van der Waals surface area contributed by atoms with Gasteiger partial charge < -0.3 is 15.6 Å². The maximum Gasteiger partial charge on any atom is 0.228 e. The van der Waals surface area contributed by atoms with Crippen LogP contribution in [0.5, 0.6) is 0 Å². The highest BCUT2D eigenvalue weighted by Crippen LogP contribution is 2.28. The van der Waals surface area contributed by atoms with Gasteiger partial charge in [-0.1, -0.05) is 24.3 Å². The zero-order valence-corrected chi connectivity index (χ0v) is 17.9. The fourth-order valence-electron chi connectivity index (χ4n) is 4.50. The number of ketones is 1. The van der Waals surface area contributed by atoms with Gasteiger partial charge in [-0.15, -0.1) is 0 Å². The van der Waals surface area contributed by atoms with Crippen molar-refractivity contribution >= 4 is 33.3 Å². The molecule has 1 aliphatic rings. The molecule has 0 spiro atoms. The number of H-pyrrole nitrogens is 1. The molecule has 0 saturated carbocycles. The second kappa shape index (κ2) is 7.79. The number of hydrogen-bond acceptors (Lipinski definition) is 6. The van der Waals surface area contributed by atoms with Crippen LogP contribution in [0.1, 0.15) is 22.6 Å². The summed E-state index contributed by atoms with van der Waals surface area (Å²) in [7, 11) is 0. The van der Waals surface area contributed by atoms with Gasteiger partial charge in [-0.25, -0.2) is 4.98 Å². The number of carbonyl (C=O) groups is 1. The molecular weight excluding hydrogens is 412 g/mol. The minimum absolute atomic E-state index is 0.173. The molecule has 5 aromatic rings. The summed E-state index contributed by atoms with van der Waals surface area (Å²) in [6.45, 7) is 1.77. The number of nitrogens with one attached hydrogen (secondary N) is 1. The van der Waals surface area contributed by atoms with Crippen LogP contribution in [0.3, 0.4) is 0 Å². The van der Waals surface area contributed by atoms with Gasteiger partial charge in [-0.05, 0) is 42.1 Å². The lowest BCUT2D eigenvalue weighted by Gasteiger charge is -2.17. The summed E-state index contributed by atoms with van der Waals surface area (Å²) in [6, 6.07) is 17.8. The minimum Gasteiger partial charge on any atom is -0.370 e. The van der Waals surface area contributed by atoms with E-state index in [1.54, 1.807) is 24.5 Å². The topological polar surface area (TPSA) is 101 Å². The number of imidazole rings is 1. The SMILES string of the molecule is NC1CCN(c2ccc3[nH]c(C(=O)c4ccnc(-c5cncc6ccccc56)c4)nc3c2)C1. The van der Waals surface area contributed by atoms with Gasteiger partial charge >= 0.3 is 0 Å². The van der Waals surface area contributed by atoms with Gasteiger partial charge in [0, 0.05) is 59.9 Å². The number of aromatic amines is 1. The van der Waals surface area contributed by atoms with Gasteiger partial charge in [-0.2, -0.15) is 0 Å². The van der Waals surface area contributed by atoms with E-state index in [4.69, 9.17) is 5.73 Å². The molecule has 7 nitrogen and oxygen atoms in total. The minimum atomic E-state index is -0.173. The van der Waals surface area contributed by atoms with Crippen LogP contribution in [0.4, 0.5) is 5.69 Å². The number of aromatic nitrogens is 4. The van der Waals surface area contributed by atoms with E-state index < -0.39 is 0 Å². The van der Waals surface area contributed by atoms with Crippen molar-refractivity contribution in [2.75, 3.05) is 18.0 Å². The number of nitrogens with zero attached hydrogens (tertiary/aromatic N) is 4. The molecule has 7 heteroatoms. The van der Waals surface area contributed by atoms with Gasteiger partial charge in [-0.3, -0.25) is 14.8 Å². The van der Waals surface area contributed by atoms with Crippen LogP contribution in [0.15, 0.2) is 73.2 Å². The molecule has 1 fully saturated rings. The molecule has 0 bridgehead atoms. The van der Waals surface area contributed by atoms with Gasteiger partial charge in [0.15, 0.2) is 5.82 Å². The standard InChI is InChI=1S/C26H22N6O/c27-18-8-10-32(15-18)19-5-6-22-24(12-19)31-26(30-22)25(33)16-7-9-29-23(11-16)21-14-28-13-17-3-1-2-4-20(17)21/h1-7,9,11-14,18H,8,10,15,27H2,(H,30,31). The highest BCUT2D eigenvalue weighted by atomic mass is 16.1. The summed E-state index contributed by atoms with van der Waals surface area (Å²) in [5, 5.41) is 2.07. The van der Waals surface area contributed by atoms with Crippen LogP contribution in [0, 0.1) is 0 Å². The van der Waals surface area contributed by atoms with E-state index in [1.165, 1.54) is 0 Å². The average molecular weight is 435 g/mol. The van der Waals surface area contributed by atoms with Gasteiger partial charge in [0.1, 0.15) is 0 Å². The molecule has 0 amide bonds. The Morgan fingerprint density at radius 1 is 1.09 bits per heavy atom. The molecule has 33 heavy (non-hydrogen) atoms. The molecule has 1 aliphatic heterocycles. The van der Waals surface area contributed by atoms with Crippen LogP contribution in [0.25, 0.3) is 33.1 Å². The Kier molecular flexibility index (Phi) is 4.62.